The highest BCUT2D eigenvalue weighted by atomic mass is 19.1. The third kappa shape index (κ3) is 4.53. The summed E-state index contributed by atoms with van der Waals surface area (Å²) in [5.41, 5.74) is 4.11. The number of piperidine rings is 1. The molecule has 1 radical (unpaired) electrons. The first kappa shape index (κ1) is 20.1. The fourth-order valence-electron chi connectivity index (χ4n) is 4.26. The van der Waals surface area contributed by atoms with Crippen LogP contribution in [0.3, 0.4) is 0 Å². The number of anilines is 1. The Labute approximate surface area is 174 Å². The minimum atomic E-state index is -0.211. The molecule has 6 heteroatoms. The maximum absolute atomic E-state index is 13.8. The number of benzene rings is 1. The van der Waals surface area contributed by atoms with E-state index in [-0.39, 0.29) is 5.82 Å². The predicted octanol–water partition coefficient (Wildman–Crippen LogP) is 3.51. The van der Waals surface area contributed by atoms with Gasteiger partial charge in [-0.2, -0.15) is 0 Å². The van der Waals surface area contributed by atoms with Crippen LogP contribution in [0.2, 0.25) is 0 Å². The molecule has 151 valence electrons. The van der Waals surface area contributed by atoms with Gasteiger partial charge in [-0.3, -0.25) is 4.99 Å². The number of pyridine rings is 1. The lowest BCUT2D eigenvalue weighted by atomic mass is 9.65. The first-order valence-electron chi connectivity index (χ1n) is 10.6. The molecule has 1 saturated heterocycles. The van der Waals surface area contributed by atoms with Crippen LogP contribution in [-0.4, -0.2) is 56.5 Å². The molecule has 3 heterocycles. The Morgan fingerprint density at radius 2 is 2.00 bits per heavy atom. The minimum Gasteiger partial charge on any atom is -0.360 e. The molecule has 0 saturated carbocycles. The molecule has 2 aliphatic rings. The van der Waals surface area contributed by atoms with Crippen LogP contribution >= 0.6 is 0 Å². The maximum atomic E-state index is 13.8. The van der Waals surface area contributed by atoms with E-state index in [9.17, 15) is 4.39 Å². The highest BCUT2D eigenvalue weighted by Crippen LogP contribution is 2.25. The van der Waals surface area contributed by atoms with Gasteiger partial charge in [-0.15, -0.1) is 0 Å². The van der Waals surface area contributed by atoms with E-state index in [1.165, 1.54) is 44.8 Å². The molecule has 0 amide bonds. The van der Waals surface area contributed by atoms with Crippen molar-refractivity contribution >= 4 is 29.9 Å². The molecule has 0 unspecified atom stereocenters. The maximum Gasteiger partial charge on any atom is 0.220 e. The van der Waals surface area contributed by atoms with Gasteiger partial charge < -0.3 is 9.80 Å². The molecule has 1 fully saturated rings. The summed E-state index contributed by atoms with van der Waals surface area (Å²) in [7, 11) is 6.33. The van der Waals surface area contributed by atoms with Crippen molar-refractivity contribution in [2.24, 2.45) is 10.9 Å². The first-order chi connectivity index (χ1) is 14.0. The summed E-state index contributed by atoms with van der Waals surface area (Å²) in [6, 6.07) is 7.40. The lowest BCUT2D eigenvalue weighted by molar-refractivity contribution is 0.211. The van der Waals surface area contributed by atoms with Gasteiger partial charge in [0.25, 0.3) is 0 Å². The normalized spacial score (nSPS) is 17.0. The van der Waals surface area contributed by atoms with E-state index in [1.807, 2.05) is 13.5 Å². The van der Waals surface area contributed by atoms with E-state index >= 15 is 0 Å². The molecular formula is C23H29BFN4. The SMILES string of the molecule is Cc1c(F)ccc2c1N=C(c1ccc(N(C)CCCC3CCN(C)CC3)nc1)[B]2. The van der Waals surface area contributed by atoms with Crippen molar-refractivity contribution in [3.63, 3.8) is 0 Å². The fraction of sp³-hybridized carbons (Fsp3) is 0.478. The second-order valence-corrected chi connectivity index (χ2v) is 8.47. The van der Waals surface area contributed by atoms with Crippen LogP contribution in [0.5, 0.6) is 0 Å². The third-order valence-electron chi connectivity index (χ3n) is 6.30. The van der Waals surface area contributed by atoms with Gasteiger partial charge in [0.2, 0.25) is 7.28 Å². The van der Waals surface area contributed by atoms with Crippen LogP contribution in [0, 0.1) is 18.7 Å². The molecule has 0 N–H and O–H groups in total. The van der Waals surface area contributed by atoms with Gasteiger partial charge in [0.1, 0.15) is 11.6 Å². The number of halogens is 1. The smallest absolute Gasteiger partial charge is 0.220 e. The Kier molecular flexibility index (Phi) is 6.00. The average Bonchev–Trinajstić information content (AvgIpc) is 3.17. The standard InChI is InChI=1S/C23H29BFN4/c1-16-20(25)8-7-19-22(16)27-23(24-19)18-6-9-21(26-15-18)29(3)12-4-5-17-10-13-28(2)14-11-17/h6-9,15,17H,4-5,10-14H2,1-3H3. The molecule has 0 aliphatic carbocycles. The van der Waals surface area contributed by atoms with Gasteiger partial charge in [0.05, 0.1) is 5.69 Å². The molecule has 4 rings (SSSR count). The summed E-state index contributed by atoms with van der Waals surface area (Å²) in [5.74, 6) is 1.65. The molecule has 2 aromatic rings. The number of fused-ring (bicyclic) bond motifs is 1. The van der Waals surface area contributed by atoms with Gasteiger partial charge in [-0.25, -0.2) is 9.37 Å². The van der Waals surface area contributed by atoms with E-state index in [2.05, 4.69) is 46.0 Å². The Morgan fingerprint density at radius 1 is 1.21 bits per heavy atom. The number of hydrogen-bond donors (Lipinski definition) is 0. The Hall–Kier alpha value is -2.21. The van der Waals surface area contributed by atoms with Crippen LogP contribution in [0.4, 0.5) is 15.9 Å². The van der Waals surface area contributed by atoms with Gasteiger partial charge in [0, 0.05) is 36.5 Å². The van der Waals surface area contributed by atoms with Crippen molar-refractivity contribution < 1.29 is 4.39 Å². The summed E-state index contributed by atoms with van der Waals surface area (Å²) in [6.07, 6.45) is 7.04. The summed E-state index contributed by atoms with van der Waals surface area (Å²) < 4.78 is 13.8. The highest BCUT2D eigenvalue weighted by molar-refractivity contribution is 6.90. The number of aliphatic imine (C=N–C) groups is 1. The van der Waals surface area contributed by atoms with E-state index in [0.717, 1.165) is 40.6 Å². The van der Waals surface area contributed by atoms with Gasteiger partial charge in [-0.05, 0) is 76.9 Å². The molecule has 1 aromatic heterocycles. The van der Waals surface area contributed by atoms with Crippen molar-refractivity contribution in [2.45, 2.75) is 32.6 Å². The average molecular weight is 391 g/mol. The van der Waals surface area contributed by atoms with Gasteiger partial charge >= 0.3 is 0 Å². The lowest BCUT2D eigenvalue weighted by Gasteiger charge is -2.29. The largest absolute Gasteiger partial charge is 0.360 e. The summed E-state index contributed by atoms with van der Waals surface area (Å²) in [4.78, 5) is 13.9. The Balaban J connectivity index is 1.33. The number of hydrogen-bond acceptors (Lipinski definition) is 4. The van der Waals surface area contributed by atoms with Crippen molar-refractivity contribution in [1.82, 2.24) is 9.88 Å². The quantitative estimate of drug-likeness (QED) is 0.707. The molecule has 29 heavy (non-hydrogen) atoms. The molecule has 0 bridgehead atoms. The molecule has 0 spiro atoms. The van der Waals surface area contributed by atoms with Gasteiger partial charge in [-0.1, -0.05) is 11.5 Å². The zero-order valence-corrected chi connectivity index (χ0v) is 17.7. The van der Waals surface area contributed by atoms with Crippen LogP contribution in [0.1, 0.15) is 36.8 Å². The van der Waals surface area contributed by atoms with Crippen LogP contribution < -0.4 is 10.4 Å². The first-order valence-corrected chi connectivity index (χ1v) is 10.6. The summed E-state index contributed by atoms with van der Waals surface area (Å²) >= 11 is 0. The second-order valence-electron chi connectivity index (χ2n) is 8.47. The van der Waals surface area contributed by atoms with Crippen molar-refractivity contribution in [1.29, 1.82) is 0 Å². The van der Waals surface area contributed by atoms with Crippen molar-refractivity contribution in [2.75, 3.05) is 38.6 Å². The molecular weight excluding hydrogens is 362 g/mol. The second kappa shape index (κ2) is 8.66. The minimum absolute atomic E-state index is 0.211. The van der Waals surface area contributed by atoms with E-state index in [4.69, 9.17) is 0 Å². The summed E-state index contributed by atoms with van der Waals surface area (Å²) in [5, 5.41) is 0. The molecule has 1 aromatic carbocycles. The highest BCUT2D eigenvalue weighted by Gasteiger charge is 2.21. The Bertz CT molecular complexity index is 888. The van der Waals surface area contributed by atoms with E-state index < -0.39 is 0 Å². The van der Waals surface area contributed by atoms with E-state index in [1.54, 1.807) is 13.0 Å². The Morgan fingerprint density at radius 3 is 2.72 bits per heavy atom. The monoisotopic (exact) mass is 391 g/mol. The fourth-order valence-corrected chi connectivity index (χ4v) is 4.26. The predicted molar refractivity (Wildman–Crippen MR) is 120 cm³/mol. The van der Waals surface area contributed by atoms with E-state index in [0.29, 0.717) is 5.56 Å². The molecule has 2 aliphatic heterocycles. The summed E-state index contributed by atoms with van der Waals surface area (Å²) in [6.45, 7) is 5.27. The molecule has 4 nitrogen and oxygen atoms in total. The van der Waals surface area contributed by atoms with Crippen LogP contribution in [-0.2, 0) is 0 Å². The van der Waals surface area contributed by atoms with Crippen molar-refractivity contribution in [3.05, 3.63) is 47.4 Å². The van der Waals surface area contributed by atoms with Crippen LogP contribution in [0.15, 0.2) is 35.5 Å². The number of rotatable bonds is 6. The third-order valence-corrected chi connectivity index (χ3v) is 6.30. The number of aromatic nitrogens is 1. The van der Waals surface area contributed by atoms with Crippen LogP contribution in [0.25, 0.3) is 0 Å². The zero-order chi connectivity index (χ0) is 20.4. The molecule has 0 atom stereocenters. The zero-order valence-electron chi connectivity index (χ0n) is 17.7. The number of likely N-dealkylation sites (tertiary alicyclic amines) is 1. The lowest BCUT2D eigenvalue weighted by Crippen LogP contribution is -2.30. The number of nitrogens with zero attached hydrogens (tertiary/aromatic N) is 4. The van der Waals surface area contributed by atoms with Crippen molar-refractivity contribution in [3.8, 4) is 0 Å². The van der Waals surface area contributed by atoms with Gasteiger partial charge in [0.15, 0.2) is 0 Å². The topological polar surface area (TPSA) is 31.7 Å².